The van der Waals surface area contributed by atoms with Crippen LogP contribution in [-0.4, -0.2) is 36.3 Å². The third-order valence-electron chi connectivity index (χ3n) is 5.40. The Morgan fingerprint density at radius 1 is 0.968 bits per heavy atom. The standard InChI is InChI=1S/C22H18F5NO3/c23-17-16(18(24)20(26)21(27)19(17)25)8-13-6-14-10-30-11-15(7-13)28(14)22(29)31-9-12-4-2-1-3-5-12/h1-6,14-15H,7-11H2. The van der Waals surface area contributed by atoms with Crippen molar-refractivity contribution in [3.05, 3.63) is 82.2 Å². The largest absolute Gasteiger partial charge is 0.445 e. The Kier molecular flexibility index (Phi) is 5.95. The monoisotopic (exact) mass is 439 g/mol. The van der Waals surface area contributed by atoms with Crippen LogP contribution < -0.4 is 0 Å². The first kappa shape index (κ1) is 21.3. The Hall–Kier alpha value is -2.94. The van der Waals surface area contributed by atoms with E-state index in [0.29, 0.717) is 5.57 Å². The van der Waals surface area contributed by atoms with Crippen LogP contribution in [0.25, 0.3) is 0 Å². The number of hydrogen-bond donors (Lipinski definition) is 0. The first-order valence-electron chi connectivity index (χ1n) is 9.63. The molecule has 2 atom stereocenters. The van der Waals surface area contributed by atoms with Gasteiger partial charge in [0.05, 0.1) is 25.3 Å². The van der Waals surface area contributed by atoms with Crippen molar-refractivity contribution in [1.29, 1.82) is 0 Å². The molecule has 0 spiro atoms. The predicted molar refractivity (Wildman–Crippen MR) is 99.5 cm³/mol. The van der Waals surface area contributed by atoms with Gasteiger partial charge in [0.25, 0.3) is 0 Å². The van der Waals surface area contributed by atoms with Crippen LogP contribution in [0.4, 0.5) is 26.7 Å². The van der Waals surface area contributed by atoms with Crippen LogP contribution in [0.2, 0.25) is 0 Å². The van der Waals surface area contributed by atoms with Crippen LogP contribution in [-0.2, 0) is 22.5 Å². The molecule has 0 aliphatic carbocycles. The molecule has 2 heterocycles. The predicted octanol–water partition coefficient (Wildman–Crippen LogP) is 4.66. The molecule has 1 amide bonds. The number of halogens is 5. The minimum absolute atomic E-state index is 0.0809. The maximum absolute atomic E-state index is 14.1. The highest BCUT2D eigenvalue weighted by Gasteiger charge is 2.39. The number of benzene rings is 2. The highest BCUT2D eigenvalue weighted by atomic mass is 19.2. The van der Waals surface area contributed by atoms with E-state index in [-0.39, 0.29) is 26.2 Å². The molecule has 2 bridgehead atoms. The van der Waals surface area contributed by atoms with Gasteiger partial charge in [-0.2, -0.15) is 0 Å². The van der Waals surface area contributed by atoms with E-state index in [1.165, 1.54) is 4.90 Å². The SMILES string of the molecule is O=C(OCc1ccccc1)N1C2C=C(Cc3c(F)c(F)c(F)c(F)c3F)CC1COC2. The van der Waals surface area contributed by atoms with Gasteiger partial charge < -0.3 is 9.47 Å². The molecule has 31 heavy (non-hydrogen) atoms. The van der Waals surface area contributed by atoms with Gasteiger partial charge in [0.15, 0.2) is 23.3 Å². The van der Waals surface area contributed by atoms with Crippen molar-refractivity contribution in [3.63, 3.8) is 0 Å². The van der Waals surface area contributed by atoms with Gasteiger partial charge in [-0.25, -0.2) is 26.7 Å². The number of rotatable bonds is 4. The second-order valence-electron chi connectivity index (χ2n) is 7.46. The summed E-state index contributed by atoms with van der Waals surface area (Å²) in [4.78, 5) is 14.1. The van der Waals surface area contributed by atoms with Crippen LogP contribution in [0, 0.1) is 29.1 Å². The number of carbonyl (C=O) groups excluding carboxylic acids is 1. The Morgan fingerprint density at radius 3 is 2.26 bits per heavy atom. The van der Waals surface area contributed by atoms with Gasteiger partial charge in [-0.1, -0.05) is 42.0 Å². The van der Waals surface area contributed by atoms with Gasteiger partial charge in [0, 0.05) is 5.56 Å². The maximum atomic E-state index is 14.1. The maximum Gasteiger partial charge on any atom is 0.411 e. The highest BCUT2D eigenvalue weighted by Crippen LogP contribution is 2.32. The summed E-state index contributed by atoms with van der Waals surface area (Å²) < 4.78 is 79.3. The van der Waals surface area contributed by atoms with Gasteiger partial charge >= 0.3 is 6.09 Å². The molecule has 0 radical (unpaired) electrons. The molecule has 0 saturated carbocycles. The van der Waals surface area contributed by atoms with Crippen molar-refractivity contribution in [2.45, 2.75) is 31.5 Å². The van der Waals surface area contributed by atoms with E-state index in [4.69, 9.17) is 9.47 Å². The van der Waals surface area contributed by atoms with Crippen LogP contribution in [0.5, 0.6) is 0 Å². The summed E-state index contributed by atoms with van der Waals surface area (Å²) in [5.74, 6) is -9.82. The fourth-order valence-corrected chi connectivity index (χ4v) is 3.93. The number of ether oxygens (including phenoxy) is 2. The molecule has 2 aliphatic rings. The van der Waals surface area contributed by atoms with E-state index >= 15 is 0 Å². The lowest BCUT2D eigenvalue weighted by Gasteiger charge is -2.43. The Morgan fingerprint density at radius 2 is 1.61 bits per heavy atom. The van der Waals surface area contributed by atoms with Gasteiger partial charge in [0.2, 0.25) is 5.82 Å². The average Bonchev–Trinajstić information content (AvgIpc) is 2.77. The number of morpholine rings is 1. The Balaban J connectivity index is 1.52. The smallest absolute Gasteiger partial charge is 0.411 e. The first-order valence-corrected chi connectivity index (χ1v) is 9.63. The number of fused-ring (bicyclic) bond motifs is 2. The van der Waals surface area contributed by atoms with Gasteiger partial charge in [-0.15, -0.1) is 0 Å². The van der Waals surface area contributed by atoms with E-state index in [1.807, 2.05) is 30.3 Å². The molecule has 1 fully saturated rings. The third kappa shape index (κ3) is 4.14. The first-order chi connectivity index (χ1) is 14.9. The van der Waals surface area contributed by atoms with Gasteiger partial charge in [-0.05, 0) is 18.4 Å². The van der Waals surface area contributed by atoms with Crippen molar-refractivity contribution in [1.82, 2.24) is 4.90 Å². The minimum atomic E-state index is -2.19. The minimum Gasteiger partial charge on any atom is -0.445 e. The van der Waals surface area contributed by atoms with Gasteiger partial charge in [0.1, 0.15) is 6.61 Å². The number of nitrogens with zero attached hydrogens (tertiary/aromatic N) is 1. The number of amides is 1. The summed E-state index contributed by atoms with van der Waals surface area (Å²) in [6.45, 7) is 0.389. The summed E-state index contributed by atoms with van der Waals surface area (Å²) in [5, 5.41) is 0. The highest BCUT2D eigenvalue weighted by molar-refractivity contribution is 5.69. The summed E-state index contributed by atoms with van der Waals surface area (Å²) >= 11 is 0. The molecular formula is C22H18F5NO3. The van der Waals surface area contributed by atoms with Crippen LogP contribution >= 0.6 is 0 Å². The van der Waals surface area contributed by atoms with E-state index in [9.17, 15) is 26.7 Å². The zero-order chi connectivity index (χ0) is 22.1. The molecule has 9 heteroatoms. The average molecular weight is 439 g/mol. The third-order valence-corrected chi connectivity index (χ3v) is 5.40. The summed E-state index contributed by atoms with van der Waals surface area (Å²) in [7, 11) is 0. The normalized spacial score (nSPS) is 20.4. The fourth-order valence-electron chi connectivity index (χ4n) is 3.93. The molecule has 2 aromatic carbocycles. The van der Waals surface area contributed by atoms with Crippen molar-refractivity contribution in [2.24, 2.45) is 0 Å². The zero-order valence-corrected chi connectivity index (χ0v) is 16.2. The molecule has 4 nitrogen and oxygen atoms in total. The summed E-state index contributed by atoms with van der Waals surface area (Å²) in [6, 6.07) is 8.08. The van der Waals surface area contributed by atoms with Gasteiger partial charge in [-0.3, -0.25) is 4.90 Å². The molecule has 2 unspecified atom stereocenters. The molecule has 0 aromatic heterocycles. The van der Waals surface area contributed by atoms with Crippen molar-refractivity contribution < 1.29 is 36.2 Å². The zero-order valence-electron chi connectivity index (χ0n) is 16.2. The number of hydrogen-bond acceptors (Lipinski definition) is 3. The van der Waals surface area contributed by atoms with E-state index in [1.54, 1.807) is 6.08 Å². The van der Waals surface area contributed by atoms with Crippen LogP contribution in [0.1, 0.15) is 17.5 Å². The lowest BCUT2D eigenvalue weighted by Crippen LogP contribution is -2.56. The molecule has 2 aliphatic heterocycles. The Labute approximate surface area is 174 Å². The molecular weight excluding hydrogens is 421 g/mol. The van der Waals surface area contributed by atoms with Crippen molar-refractivity contribution in [2.75, 3.05) is 13.2 Å². The molecule has 4 rings (SSSR count). The Bertz CT molecular complexity index is 999. The topological polar surface area (TPSA) is 38.8 Å². The van der Waals surface area contributed by atoms with Crippen LogP contribution in [0.3, 0.4) is 0 Å². The summed E-state index contributed by atoms with van der Waals surface area (Å²) in [6.07, 6.45) is 0.716. The lowest BCUT2D eigenvalue weighted by atomic mass is 9.90. The van der Waals surface area contributed by atoms with E-state index in [0.717, 1.165) is 5.56 Å². The molecule has 2 aromatic rings. The second kappa shape index (κ2) is 8.66. The molecule has 0 N–H and O–H groups in total. The number of carbonyl (C=O) groups is 1. The summed E-state index contributed by atoms with van der Waals surface area (Å²) in [5.41, 5.74) is 0.396. The van der Waals surface area contributed by atoms with E-state index < -0.39 is 59.2 Å². The lowest BCUT2D eigenvalue weighted by molar-refractivity contribution is -0.0374. The van der Waals surface area contributed by atoms with E-state index in [2.05, 4.69) is 0 Å². The quantitative estimate of drug-likeness (QED) is 0.301. The molecule has 1 saturated heterocycles. The fraction of sp³-hybridized carbons (Fsp3) is 0.318. The van der Waals surface area contributed by atoms with Crippen molar-refractivity contribution in [3.8, 4) is 0 Å². The van der Waals surface area contributed by atoms with Crippen molar-refractivity contribution >= 4 is 6.09 Å². The molecule has 164 valence electrons. The second-order valence-corrected chi connectivity index (χ2v) is 7.46. The van der Waals surface area contributed by atoms with Crippen LogP contribution in [0.15, 0.2) is 42.0 Å².